The van der Waals surface area contributed by atoms with Crippen molar-refractivity contribution in [3.63, 3.8) is 0 Å². The van der Waals surface area contributed by atoms with Crippen LogP contribution in [0, 0.1) is 0 Å². The molecule has 2 aromatic rings. The first-order valence-electron chi connectivity index (χ1n) is 7.63. The van der Waals surface area contributed by atoms with Gasteiger partial charge in [-0.3, -0.25) is 4.79 Å². The van der Waals surface area contributed by atoms with Crippen molar-refractivity contribution in [2.75, 3.05) is 0 Å². The van der Waals surface area contributed by atoms with Crippen LogP contribution in [0.25, 0.3) is 0 Å². The monoisotopic (exact) mass is 456 g/mol. The van der Waals surface area contributed by atoms with Crippen molar-refractivity contribution in [1.82, 2.24) is 10.3 Å². The number of nitrogens with zero attached hydrogens (tertiary/aromatic N) is 1. The third-order valence-corrected chi connectivity index (χ3v) is 5.66. The van der Waals surface area contributed by atoms with Gasteiger partial charge in [-0.2, -0.15) is 13.2 Å². The number of carbonyl (C=O) groups excluding carboxylic acids is 1. The summed E-state index contributed by atoms with van der Waals surface area (Å²) in [6.45, 7) is 3.36. The summed E-state index contributed by atoms with van der Waals surface area (Å²) in [7, 11) is 0. The van der Waals surface area contributed by atoms with Crippen LogP contribution in [-0.4, -0.2) is 16.1 Å². The molecule has 1 aromatic heterocycles. The first-order valence-corrected chi connectivity index (χ1v) is 9.65. The fraction of sp³-hybridized carbons (Fsp3) is 0.294. The van der Waals surface area contributed by atoms with E-state index in [0.29, 0.717) is 21.8 Å². The predicted molar refractivity (Wildman–Crippen MR) is 103 cm³/mol. The predicted octanol–water partition coefficient (Wildman–Crippen LogP) is 6.42. The number of aromatic nitrogens is 1. The summed E-state index contributed by atoms with van der Waals surface area (Å²) in [6, 6.07) is 5.35. The summed E-state index contributed by atoms with van der Waals surface area (Å²) in [5, 5.41) is 3.03. The van der Waals surface area contributed by atoms with Gasteiger partial charge < -0.3 is 5.32 Å². The summed E-state index contributed by atoms with van der Waals surface area (Å²) < 4.78 is 38.0. The molecule has 1 N–H and O–H groups in total. The van der Waals surface area contributed by atoms with E-state index in [1.165, 1.54) is 0 Å². The molecule has 10 heteroatoms. The smallest absolute Gasteiger partial charge is 0.349 e. The molecule has 146 valence electrons. The zero-order chi connectivity index (χ0) is 20.4. The molecule has 2 rings (SSSR count). The number of thioether (sulfide) groups is 1. The maximum atomic E-state index is 12.7. The molecular formula is C17H14Cl3F3N2OS. The molecule has 2 atom stereocenters. The van der Waals surface area contributed by atoms with Crippen molar-refractivity contribution in [2.24, 2.45) is 0 Å². The highest BCUT2D eigenvalue weighted by atomic mass is 35.5. The molecule has 0 radical (unpaired) electrons. The van der Waals surface area contributed by atoms with Gasteiger partial charge in [-0.25, -0.2) is 4.98 Å². The molecule has 0 aliphatic carbocycles. The van der Waals surface area contributed by atoms with Gasteiger partial charge in [0, 0.05) is 16.2 Å². The minimum atomic E-state index is -4.53. The number of rotatable bonds is 5. The highest BCUT2D eigenvalue weighted by molar-refractivity contribution is 8.00. The van der Waals surface area contributed by atoms with E-state index >= 15 is 0 Å². The van der Waals surface area contributed by atoms with E-state index < -0.39 is 17.0 Å². The Morgan fingerprint density at radius 1 is 1.15 bits per heavy atom. The molecule has 0 saturated carbocycles. The number of halogens is 6. The molecule has 1 heterocycles. The van der Waals surface area contributed by atoms with Crippen molar-refractivity contribution in [3.05, 3.63) is 56.7 Å². The minimum Gasteiger partial charge on any atom is -0.349 e. The van der Waals surface area contributed by atoms with Crippen molar-refractivity contribution < 1.29 is 18.0 Å². The normalized spacial score (nSPS) is 13.9. The highest BCUT2D eigenvalue weighted by Gasteiger charge is 2.32. The van der Waals surface area contributed by atoms with Crippen molar-refractivity contribution in [3.8, 4) is 0 Å². The second kappa shape index (κ2) is 8.90. The molecule has 3 nitrogen and oxygen atoms in total. The summed E-state index contributed by atoms with van der Waals surface area (Å²) in [5.74, 6) is -0.337. The van der Waals surface area contributed by atoms with E-state index in [1.54, 1.807) is 32.0 Å². The number of pyridine rings is 1. The fourth-order valence-corrected chi connectivity index (χ4v) is 3.82. The van der Waals surface area contributed by atoms with Crippen LogP contribution < -0.4 is 5.32 Å². The third kappa shape index (κ3) is 5.91. The van der Waals surface area contributed by atoms with Crippen molar-refractivity contribution in [2.45, 2.75) is 36.3 Å². The Hall–Kier alpha value is -1.15. The summed E-state index contributed by atoms with van der Waals surface area (Å²) in [5.41, 5.74) is -0.253. The van der Waals surface area contributed by atoms with Crippen molar-refractivity contribution in [1.29, 1.82) is 0 Å². The number of amides is 1. The topological polar surface area (TPSA) is 42.0 Å². The zero-order valence-corrected chi connectivity index (χ0v) is 17.2. The average molecular weight is 458 g/mol. The van der Waals surface area contributed by atoms with E-state index in [4.69, 9.17) is 34.8 Å². The molecule has 0 bridgehead atoms. The highest BCUT2D eigenvalue weighted by Crippen LogP contribution is 2.35. The standard InChI is InChI=1S/C17H14Cl3F3N2OS/c1-8(12-4-3-11(18)6-13(12)19)25-15(26)9(2)27-16-14(20)5-10(7-24-16)17(21,22)23/h3-9H,1-2H3,(H,25,26). The Kier molecular flexibility index (Phi) is 7.30. The molecule has 27 heavy (non-hydrogen) atoms. The van der Waals surface area contributed by atoms with Gasteiger partial charge in [-0.1, -0.05) is 52.6 Å². The lowest BCUT2D eigenvalue weighted by molar-refractivity contribution is -0.137. The third-order valence-electron chi connectivity index (χ3n) is 3.58. The van der Waals surface area contributed by atoms with Crippen LogP contribution in [0.1, 0.15) is 31.0 Å². The number of hydrogen-bond acceptors (Lipinski definition) is 3. The zero-order valence-electron chi connectivity index (χ0n) is 14.1. The van der Waals surface area contributed by atoms with Crippen LogP contribution in [0.5, 0.6) is 0 Å². The summed E-state index contributed by atoms with van der Waals surface area (Å²) in [6.07, 6.45) is -3.84. The second-order valence-corrected chi connectivity index (χ2v) is 8.25. The average Bonchev–Trinajstić information content (AvgIpc) is 2.55. The Morgan fingerprint density at radius 3 is 2.37 bits per heavy atom. The van der Waals surface area contributed by atoms with Gasteiger partial charge in [0.1, 0.15) is 5.03 Å². The number of benzene rings is 1. The van der Waals surface area contributed by atoms with Gasteiger partial charge in [0.25, 0.3) is 0 Å². The maximum absolute atomic E-state index is 12.7. The molecule has 0 saturated heterocycles. The first-order chi connectivity index (χ1) is 12.5. The number of hydrogen-bond donors (Lipinski definition) is 1. The van der Waals surface area contributed by atoms with Crippen LogP contribution >= 0.6 is 46.6 Å². The second-order valence-electron chi connectivity index (χ2n) is 5.66. The molecule has 0 aliphatic heterocycles. The molecule has 1 aromatic carbocycles. The van der Waals surface area contributed by atoms with E-state index in [0.717, 1.165) is 17.8 Å². The van der Waals surface area contributed by atoms with E-state index in [-0.39, 0.29) is 22.0 Å². The largest absolute Gasteiger partial charge is 0.417 e. The van der Waals surface area contributed by atoms with Crippen molar-refractivity contribution >= 4 is 52.5 Å². The van der Waals surface area contributed by atoms with Crippen LogP contribution in [-0.2, 0) is 11.0 Å². The van der Waals surface area contributed by atoms with Gasteiger partial charge in [0.15, 0.2) is 0 Å². The van der Waals surface area contributed by atoms with Crippen LogP contribution in [0.15, 0.2) is 35.5 Å². The van der Waals surface area contributed by atoms with Gasteiger partial charge in [0.2, 0.25) is 5.91 Å². The fourth-order valence-electron chi connectivity index (χ4n) is 2.15. The van der Waals surface area contributed by atoms with Crippen LogP contribution in [0.2, 0.25) is 15.1 Å². The number of alkyl halides is 3. The first kappa shape index (κ1) is 22.1. The molecule has 0 fully saturated rings. The van der Waals surface area contributed by atoms with Gasteiger partial charge >= 0.3 is 6.18 Å². The van der Waals surface area contributed by atoms with Gasteiger partial charge in [0.05, 0.1) is 21.9 Å². The molecular weight excluding hydrogens is 444 g/mol. The van der Waals surface area contributed by atoms with Gasteiger partial charge in [-0.05, 0) is 37.6 Å². The summed E-state index contributed by atoms with van der Waals surface area (Å²) >= 11 is 18.8. The number of carbonyl (C=O) groups is 1. The van der Waals surface area contributed by atoms with Gasteiger partial charge in [-0.15, -0.1) is 0 Å². The lowest BCUT2D eigenvalue weighted by atomic mass is 10.1. The molecule has 2 unspecified atom stereocenters. The van der Waals surface area contributed by atoms with E-state index in [1.807, 2.05) is 0 Å². The molecule has 1 amide bonds. The lowest BCUT2D eigenvalue weighted by Crippen LogP contribution is -2.33. The van der Waals surface area contributed by atoms with E-state index in [9.17, 15) is 18.0 Å². The minimum absolute atomic E-state index is 0.143. The Morgan fingerprint density at radius 2 is 1.81 bits per heavy atom. The Labute approximate surface area is 173 Å². The summed E-state index contributed by atoms with van der Waals surface area (Å²) in [4.78, 5) is 16.1. The maximum Gasteiger partial charge on any atom is 0.417 e. The van der Waals surface area contributed by atoms with E-state index in [2.05, 4.69) is 10.3 Å². The number of nitrogens with one attached hydrogen (secondary N) is 1. The Balaban J connectivity index is 2.05. The van der Waals surface area contributed by atoms with Crippen LogP contribution in [0.3, 0.4) is 0 Å². The van der Waals surface area contributed by atoms with Crippen LogP contribution in [0.4, 0.5) is 13.2 Å². The lowest BCUT2D eigenvalue weighted by Gasteiger charge is -2.19. The molecule has 0 aliphatic rings. The SMILES string of the molecule is CC(Sc1ncc(C(F)(F)F)cc1Cl)C(=O)NC(C)c1ccc(Cl)cc1Cl. The quantitative estimate of drug-likeness (QED) is 0.527. The Bertz CT molecular complexity index is 849. The molecule has 0 spiro atoms.